The van der Waals surface area contributed by atoms with E-state index in [1.54, 1.807) is 27.9 Å². The normalized spacial score (nSPS) is 34.6. The minimum Gasteiger partial charge on any atom is -0.459 e. The van der Waals surface area contributed by atoms with Crippen LogP contribution in [0, 0.1) is 23.7 Å². The number of carbonyl (C=O) groups excluding carboxylic acids is 2. The molecule has 0 bridgehead atoms. The average molecular weight is 874 g/mol. The van der Waals surface area contributed by atoms with Crippen molar-refractivity contribution in [1.29, 1.82) is 0 Å². The van der Waals surface area contributed by atoms with Crippen molar-refractivity contribution >= 4 is 17.5 Å². The fraction of sp³-hybridized carbons (Fsp3) is 0.588. The predicted molar refractivity (Wildman–Crippen MR) is 242 cm³/mol. The number of rotatable bonds is 13. The molecule has 5 rings (SSSR count). The predicted octanol–water partition coefficient (Wildman–Crippen LogP) is 7.67. The summed E-state index contributed by atoms with van der Waals surface area (Å²) >= 11 is 0. The highest BCUT2D eigenvalue weighted by Gasteiger charge is 2.54. The lowest BCUT2D eigenvalue weighted by Crippen LogP contribution is -2.64. The first-order valence-electron chi connectivity index (χ1n) is 22.6. The maximum Gasteiger partial charge on any atom is 0.316 e. The molecule has 0 aromatic heterocycles. The lowest BCUT2D eigenvalue weighted by molar-refractivity contribution is -0.934. The van der Waals surface area contributed by atoms with Gasteiger partial charge in [0.2, 0.25) is 0 Å². The first kappa shape index (κ1) is 50.0. The monoisotopic (exact) mass is 874 g/mol. The van der Waals surface area contributed by atoms with Crippen molar-refractivity contribution in [2.45, 2.75) is 148 Å². The van der Waals surface area contributed by atoms with E-state index in [0.29, 0.717) is 23.2 Å². The summed E-state index contributed by atoms with van der Waals surface area (Å²) in [4.78, 5) is 34.6. The second kappa shape index (κ2) is 21.8. The Morgan fingerprint density at radius 2 is 1.38 bits per heavy atom. The highest BCUT2D eigenvalue weighted by atomic mass is 16.7. The van der Waals surface area contributed by atoms with Gasteiger partial charge in [-0.1, -0.05) is 124 Å². The molecular weight excluding hydrogens is 801 g/mol. The number of hydrogen-bond acceptors (Lipinski definition) is 11. The molecule has 0 unspecified atom stereocenters. The molecule has 0 saturated carbocycles. The van der Waals surface area contributed by atoms with E-state index in [1.165, 1.54) is 19.4 Å². The van der Waals surface area contributed by atoms with Crippen LogP contribution in [-0.2, 0) is 57.9 Å². The van der Waals surface area contributed by atoms with Gasteiger partial charge in [0.15, 0.2) is 18.2 Å². The number of aliphatic hydroxyl groups excluding tert-OH is 1. The molecule has 2 heterocycles. The van der Waals surface area contributed by atoms with Crippen molar-refractivity contribution < 1.29 is 52.8 Å². The summed E-state index contributed by atoms with van der Waals surface area (Å²) in [6.07, 6.45) is -4.25. The number of esters is 1. The Morgan fingerprint density at radius 3 is 1.94 bits per heavy atom. The van der Waals surface area contributed by atoms with E-state index in [0.717, 1.165) is 17.7 Å². The lowest BCUT2D eigenvalue weighted by atomic mass is 9.74. The summed E-state index contributed by atoms with van der Waals surface area (Å²) in [6, 6.07) is 29.8. The number of ether oxygens (including phenoxy) is 5. The Kier molecular flexibility index (Phi) is 17.3. The third-order valence-corrected chi connectivity index (χ3v) is 13.5. The minimum atomic E-state index is -1.91. The van der Waals surface area contributed by atoms with Gasteiger partial charge in [0.05, 0.1) is 50.3 Å². The summed E-state index contributed by atoms with van der Waals surface area (Å²) in [7, 11) is 5.98. The number of methoxy groups -OCH3 is 1. The van der Waals surface area contributed by atoms with E-state index in [-0.39, 0.29) is 31.6 Å². The zero-order valence-electron chi connectivity index (χ0n) is 39.3. The van der Waals surface area contributed by atoms with E-state index < -0.39 is 77.3 Å². The van der Waals surface area contributed by atoms with Crippen LogP contribution in [0.3, 0.4) is 0 Å². The van der Waals surface area contributed by atoms with Crippen LogP contribution in [0.2, 0.25) is 0 Å². The van der Waals surface area contributed by atoms with Gasteiger partial charge in [0, 0.05) is 36.8 Å². The molecule has 63 heavy (non-hydrogen) atoms. The molecule has 2 saturated heterocycles. The molecule has 3 aromatic carbocycles. The van der Waals surface area contributed by atoms with Gasteiger partial charge in [-0.15, -0.1) is 0 Å². The number of hydrogen-bond donors (Lipinski definition) is 2. The SMILES string of the molecule is CC[C@H]1OC(=O)[C@H](C)C(=O)[C@H](C)[C@@H](O[C@@H]2O[C@H](C)C[C@H]([N+](C)(C)Cc3ccccc3)[C@H]2OCc2ccccc2)[C@](C)(OC)C[C@@H](C)/C(=N/OCc2ccccc2)[C@H](C)[C@@H](O)[C@]1(C)O. The second-order valence-electron chi connectivity index (χ2n) is 19.0. The van der Waals surface area contributed by atoms with E-state index in [1.807, 2.05) is 99.6 Å². The molecule has 2 aliphatic heterocycles. The molecule has 0 spiro atoms. The van der Waals surface area contributed by atoms with Gasteiger partial charge < -0.3 is 43.2 Å². The number of aliphatic hydroxyl groups is 2. The fourth-order valence-electron chi connectivity index (χ4n) is 9.65. The Balaban J connectivity index is 1.60. The zero-order chi connectivity index (χ0) is 46.1. The minimum absolute atomic E-state index is 0.101. The molecule has 3 aromatic rings. The van der Waals surface area contributed by atoms with E-state index >= 15 is 0 Å². The number of benzene rings is 3. The highest BCUT2D eigenvalue weighted by molar-refractivity contribution is 6.00. The van der Waals surface area contributed by atoms with Crippen molar-refractivity contribution in [3.63, 3.8) is 0 Å². The van der Waals surface area contributed by atoms with Gasteiger partial charge in [-0.05, 0) is 51.7 Å². The molecule has 12 heteroatoms. The summed E-state index contributed by atoms with van der Waals surface area (Å²) in [5.74, 6) is -4.62. The van der Waals surface area contributed by atoms with Crippen LogP contribution in [0.15, 0.2) is 96.2 Å². The largest absolute Gasteiger partial charge is 0.459 e. The first-order chi connectivity index (χ1) is 29.8. The van der Waals surface area contributed by atoms with Gasteiger partial charge in [-0.3, -0.25) is 9.59 Å². The maximum atomic E-state index is 14.7. The van der Waals surface area contributed by atoms with E-state index in [2.05, 4.69) is 31.4 Å². The maximum absolute atomic E-state index is 14.7. The van der Waals surface area contributed by atoms with Crippen molar-refractivity contribution in [2.24, 2.45) is 28.8 Å². The number of nitrogens with zero attached hydrogens (tertiary/aromatic N) is 2. The van der Waals surface area contributed by atoms with Gasteiger partial charge in [-0.2, -0.15) is 0 Å². The highest BCUT2D eigenvalue weighted by Crippen LogP contribution is 2.40. The van der Waals surface area contributed by atoms with Gasteiger partial charge in [0.1, 0.15) is 36.8 Å². The molecule has 0 aliphatic carbocycles. The van der Waals surface area contributed by atoms with Crippen LogP contribution in [0.25, 0.3) is 0 Å². The third-order valence-electron chi connectivity index (χ3n) is 13.5. The Hall–Kier alpha value is -4.01. The smallest absolute Gasteiger partial charge is 0.316 e. The van der Waals surface area contributed by atoms with Crippen LogP contribution < -0.4 is 0 Å². The van der Waals surface area contributed by atoms with Crippen molar-refractivity contribution in [3.8, 4) is 0 Å². The van der Waals surface area contributed by atoms with E-state index in [4.69, 9.17) is 28.5 Å². The molecular formula is C51H73N2O10+. The molecule has 0 radical (unpaired) electrons. The Labute approximate surface area is 375 Å². The Morgan fingerprint density at radius 1 is 0.825 bits per heavy atom. The second-order valence-corrected chi connectivity index (χ2v) is 19.0. The molecule has 2 fully saturated rings. The van der Waals surface area contributed by atoms with Gasteiger partial charge in [-0.25, -0.2) is 0 Å². The standard InChI is InChI=1S/C51H73N2O10/c1-12-42-51(8,57)46(55)35(4)43(52-60-32-40-26-20-15-21-27-40)33(2)29-50(7,58-11)47(36(5)44(54)37(6)48(56)62-42)63-49-45(59-31-39-24-18-14-19-25-39)41(28-34(3)61-49)53(9,10)30-38-22-16-13-17-23-38/h13-27,33-37,41-42,45-47,49,55,57H,12,28-32H2,1-11H3/q+1/b52-43-/t33-,34-,35+,36+,37-,41+,42-,45-,46-,47-,49+,50-,51-/m1/s1. The van der Waals surface area contributed by atoms with Crippen molar-refractivity contribution in [3.05, 3.63) is 108 Å². The zero-order valence-corrected chi connectivity index (χ0v) is 39.3. The first-order valence-corrected chi connectivity index (χ1v) is 22.6. The van der Waals surface area contributed by atoms with Crippen LogP contribution >= 0.6 is 0 Å². The number of carbonyl (C=O) groups is 2. The third kappa shape index (κ3) is 12.2. The van der Waals surface area contributed by atoms with Crippen LogP contribution in [0.4, 0.5) is 0 Å². The average Bonchev–Trinajstić information content (AvgIpc) is 3.27. The molecule has 13 atom stereocenters. The number of quaternary nitrogens is 1. The van der Waals surface area contributed by atoms with Gasteiger partial charge in [0.25, 0.3) is 0 Å². The van der Waals surface area contributed by atoms with E-state index in [9.17, 15) is 19.8 Å². The van der Waals surface area contributed by atoms with Crippen LogP contribution in [-0.4, -0.2) is 107 Å². The number of likely N-dealkylation sites (N-methyl/N-ethyl adjacent to an activating group) is 1. The number of ketones is 1. The lowest BCUT2D eigenvalue weighted by Gasteiger charge is -2.50. The molecule has 346 valence electrons. The summed E-state index contributed by atoms with van der Waals surface area (Å²) < 4.78 is 33.9. The Bertz CT molecular complexity index is 1930. The molecule has 0 amide bonds. The van der Waals surface area contributed by atoms with Crippen molar-refractivity contribution in [1.82, 2.24) is 0 Å². The number of Topliss-reactive ketones (excluding diaryl/α,β-unsaturated/α-hetero) is 1. The molecule has 2 N–H and O–H groups in total. The van der Waals surface area contributed by atoms with Crippen LogP contribution in [0.1, 0.15) is 91.3 Å². The summed E-state index contributed by atoms with van der Waals surface area (Å²) in [5.41, 5.74) is 0.404. The van der Waals surface area contributed by atoms with Crippen molar-refractivity contribution in [2.75, 3.05) is 21.2 Å². The fourth-order valence-corrected chi connectivity index (χ4v) is 9.65. The quantitative estimate of drug-likeness (QED) is 0.0761. The van der Waals surface area contributed by atoms with Crippen LogP contribution in [0.5, 0.6) is 0 Å². The summed E-state index contributed by atoms with van der Waals surface area (Å²) in [5, 5.41) is 28.5. The molecule has 2 aliphatic rings. The summed E-state index contributed by atoms with van der Waals surface area (Å²) in [6.45, 7) is 15.3. The topological polar surface area (TPSA) is 142 Å². The molecule has 12 nitrogen and oxygen atoms in total. The number of cyclic esters (lactones) is 1. The van der Waals surface area contributed by atoms with Gasteiger partial charge >= 0.3 is 5.97 Å². The number of oxime groups is 1.